The standard InChI is InChI=1S/C11H21NO/c1-3-12-9-5-6-10(12)8-11(7-9)13-4-2/h9-11H,3-8H2,1-2H3. The van der Waals surface area contributed by atoms with Gasteiger partial charge in [-0.2, -0.15) is 0 Å². The molecule has 2 fully saturated rings. The Hall–Kier alpha value is -0.0800. The second-order valence-electron chi connectivity index (χ2n) is 4.26. The van der Waals surface area contributed by atoms with Gasteiger partial charge in [-0.15, -0.1) is 0 Å². The number of ether oxygens (including phenoxy) is 1. The van der Waals surface area contributed by atoms with E-state index in [0.29, 0.717) is 6.10 Å². The maximum absolute atomic E-state index is 5.73. The molecule has 2 aliphatic heterocycles. The minimum Gasteiger partial charge on any atom is -0.378 e. The summed E-state index contributed by atoms with van der Waals surface area (Å²) in [6, 6.07) is 1.67. The van der Waals surface area contributed by atoms with Crippen molar-refractivity contribution in [3.05, 3.63) is 0 Å². The molecule has 0 amide bonds. The molecule has 2 heterocycles. The van der Waals surface area contributed by atoms with Crippen LogP contribution in [-0.4, -0.2) is 36.2 Å². The van der Waals surface area contributed by atoms with Crippen molar-refractivity contribution < 1.29 is 4.74 Å². The van der Waals surface area contributed by atoms with Crippen molar-refractivity contribution in [1.82, 2.24) is 4.90 Å². The number of hydrogen-bond acceptors (Lipinski definition) is 2. The largest absolute Gasteiger partial charge is 0.378 e. The van der Waals surface area contributed by atoms with Crippen LogP contribution in [0.2, 0.25) is 0 Å². The van der Waals surface area contributed by atoms with Crippen LogP contribution in [0.4, 0.5) is 0 Å². The third kappa shape index (κ3) is 1.75. The Morgan fingerprint density at radius 2 is 1.77 bits per heavy atom. The molecule has 2 heteroatoms. The van der Waals surface area contributed by atoms with Gasteiger partial charge in [0.1, 0.15) is 0 Å². The summed E-state index contributed by atoms with van der Waals surface area (Å²) in [5.74, 6) is 0. The number of fused-ring (bicyclic) bond motifs is 2. The SMILES string of the molecule is CCOC1CC2CCC(C1)N2CC. The van der Waals surface area contributed by atoms with Crippen LogP contribution in [0.25, 0.3) is 0 Å². The molecule has 2 rings (SSSR count). The minimum atomic E-state index is 0.560. The van der Waals surface area contributed by atoms with Gasteiger partial charge in [-0.3, -0.25) is 4.90 Å². The van der Waals surface area contributed by atoms with Crippen LogP contribution < -0.4 is 0 Å². The highest BCUT2D eigenvalue weighted by Gasteiger charge is 2.39. The lowest BCUT2D eigenvalue weighted by atomic mass is 10.00. The monoisotopic (exact) mass is 183 g/mol. The summed E-state index contributed by atoms with van der Waals surface area (Å²) in [6.45, 7) is 6.50. The molecule has 13 heavy (non-hydrogen) atoms. The summed E-state index contributed by atoms with van der Waals surface area (Å²) in [7, 11) is 0. The first-order valence-corrected chi connectivity index (χ1v) is 5.72. The van der Waals surface area contributed by atoms with E-state index < -0.39 is 0 Å². The lowest BCUT2D eigenvalue weighted by Gasteiger charge is -2.37. The van der Waals surface area contributed by atoms with Gasteiger partial charge < -0.3 is 4.74 Å². The van der Waals surface area contributed by atoms with Crippen molar-refractivity contribution >= 4 is 0 Å². The number of piperidine rings is 1. The molecule has 2 nitrogen and oxygen atoms in total. The molecular formula is C11H21NO. The van der Waals surface area contributed by atoms with E-state index in [-0.39, 0.29) is 0 Å². The fourth-order valence-corrected chi connectivity index (χ4v) is 3.11. The molecule has 0 aromatic rings. The van der Waals surface area contributed by atoms with Crippen LogP contribution in [0.3, 0.4) is 0 Å². The third-order valence-electron chi connectivity index (χ3n) is 3.61. The molecular weight excluding hydrogens is 162 g/mol. The molecule has 2 bridgehead atoms. The zero-order valence-electron chi connectivity index (χ0n) is 8.83. The molecule has 0 N–H and O–H groups in total. The Kier molecular flexibility index (Phi) is 2.89. The summed E-state index contributed by atoms with van der Waals surface area (Å²) in [6.07, 6.45) is 5.92. The average Bonchev–Trinajstić information content (AvgIpc) is 2.37. The summed E-state index contributed by atoms with van der Waals surface area (Å²) in [5.41, 5.74) is 0. The predicted molar refractivity (Wildman–Crippen MR) is 53.8 cm³/mol. The van der Waals surface area contributed by atoms with Gasteiger partial charge in [0, 0.05) is 18.7 Å². The molecule has 76 valence electrons. The van der Waals surface area contributed by atoms with Crippen LogP contribution in [-0.2, 0) is 4.74 Å². The lowest BCUT2D eigenvalue weighted by Crippen LogP contribution is -2.45. The summed E-state index contributed by atoms with van der Waals surface area (Å²) < 4.78 is 5.73. The van der Waals surface area contributed by atoms with Gasteiger partial charge in [0.2, 0.25) is 0 Å². The van der Waals surface area contributed by atoms with Crippen molar-refractivity contribution in [2.24, 2.45) is 0 Å². The smallest absolute Gasteiger partial charge is 0.0604 e. The van der Waals surface area contributed by atoms with E-state index in [1.165, 1.54) is 32.2 Å². The van der Waals surface area contributed by atoms with Crippen molar-refractivity contribution in [3.63, 3.8) is 0 Å². The van der Waals surface area contributed by atoms with Gasteiger partial charge in [0.15, 0.2) is 0 Å². The van der Waals surface area contributed by atoms with Crippen LogP contribution in [0.5, 0.6) is 0 Å². The lowest BCUT2D eigenvalue weighted by molar-refractivity contribution is -0.0129. The van der Waals surface area contributed by atoms with Gasteiger partial charge in [-0.05, 0) is 39.2 Å². The summed E-state index contributed by atoms with van der Waals surface area (Å²) in [4.78, 5) is 2.68. The zero-order valence-corrected chi connectivity index (χ0v) is 8.83. The van der Waals surface area contributed by atoms with Crippen molar-refractivity contribution in [3.8, 4) is 0 Å². The third-order valence-corrected chi connectivity index (χ3v) is 3.61. The van der Waals surface area contributed by atoms with Crippen molar-refractivity contribution in [1.29, 1.82) is 0 Å². The Labute approximate surface area is 81.3 Å². The zero-order chi connectivity index (χ0) is 9.26. The molecule has 0 spiro atoms. The van der Waals surface area contributed by atoms with Crippen LogP contribution in [0.1, 0.15) is 39.5 Å². The molecule has 0 saturated carbocycles. The quantitative estimate of drug-likeness (QED) is 0.664. The Morgan fingerprint density at radius 1 is 1.15 bits per heavy atom. The second kappa shape index (κ2) is 3.97. The molecule has 2 unspecified atom stereocenters. The minimum absolute atomic E-state index is 0.560. The average molecular weight is 183 g/mol. The highest BCUT2D eigenvalue weighted by atomic mass is 16.5. The molecule has 2 aliphatic rings. The van der Waals surface area contributed by atoms with Gasteiger partial charge in [-0.25, -0.2) is 0 Å². The maximum atomic E-state index is 5.73. The number of rotatable bonds is 3. The van der Waals surface area contributed by atoms with E-state index in [9.17, 15) is 0 Å². The van der Waals surface area contributed by atoms with E-state index in [0.717, 1.165) is 18.7 Å². The molecule has 2 atom stereocenters. The van der Waals surface area contributed by atoms with E-state index in [1.807, 2.05) is 0 Å². The molecule has 0 aromatic heterocycles. The van der Waals surface area contributed by atoms with E-state index in [4.69, 9.17) is 4.74 Å². The Balaban J connectivity index is 1.94. The maximum Gasteiger partial charge on any atom is 0.0604 e. The van der Waals surface area contributed by atoms with Crippen LogP contribution in [0, 0.1) is 0 Å². The molecule has 0 aromatic carbocycles. The highest BCUT2D eigenvalue weighted by Crippen LogP contribution is 2.36. The first-order chi connectivity index (χ1) is 6.35. The topological polar surface area (TPSA) is 12.5 Å². The Bertz CT molecular complexity index is 157. The van der Waals surface area contributed by atoms with Gasteiger partial charge >= 0.3 is 0 Å². The van der Waals surface area contributed by atoms with Crippen molar-refractivity contribution in [2.75, 3.05) is 13.2 Å². The van der Waals surface area contributed by atoms with Gasteiger partial charge in [-0.1, -0.05) is 6.92 Å². The normalized spacial score (nSPS) is 39.7. The fourth-order valence-electron chi connectivity index (χ4n) is 3.11. The van der Waals surface area contributed by atoms with E-state index in [1.54, 1.807) is 0 Å². The van der Waals surface area contributed by atoms with E-state index >= 15 is 0 Å². The first-order valence-electron chi connectivity index (χ1n) is 5.72. The first kappa shape index (κ1) is 9.47. The van der Waals surface area contributed by atoms with E-state index in [2.05, 4.69) is 18.7 Å². The van der Waals surface area contributed by atoms with Gasteiger partial charge in [0.05, 0.1) is 6.10 Å². The summed E-state index contributed by atoms with van der Waals surface area (Å²) >= 11 is 0. The Morgan fingerprint density at radius 3 is 2.23 bits per heavy atom. The number of nitrogens with zero attached hydrogens (tertiary/aromatic N) is 1. The fraction of sp³-hybridized carbons (Fsp3) is 1.00. The van der Waals surface area contributed by atoms with Crippen LogP contribution >= 0.6 is 0 Å². The summed E-state index contributed by atoms with van der Waals surface area (Å²) in [5, 5.41) is 0. The van der Waals surface area contributed by atoms with Gasteiger partial charge in [0.25, 0.3) is 0 Å². The highest BCUT2D eigenvalue weighted by molar-refractivity contribution is 4.95. The molecule has 0 aliphatic carbocycles. The molecule has 0 radical (unpaired) electrons. The molecule has 2 saturated heterocycles. The second-order valence-corrected chi connectivity index (χ2v) is 4.26. The predicted octanol–water partition coefficient (Wildman–Crippen LogP) is 2.04. The van der Waals surface area contributed by atoms with Crippen LogP contribution in [0.15, 0.2) is 0 Å². The van der Waals surface area contributed by atoms with Crippen molar-refractivity contribution in [2.45, 2.75) is 57.7 Å². The number of hydrogen-bond donors (Lipinski definition) is 0.